The Morgan fingerprint density at radius 1 is 1.05 bits per heavy atom. The summed E-state index contributed by atoms with van der Waals surface area (Å²) in [5.74, 6) is -4.53. The summed E-state index contributed by atoms with van der Waals surface area (Å²) in [5.41, 5.74) is 7.85. The maximum atomic E-state index is 15.1. The highest BCUT2D eigenvalue weighted by atomic mass is 19.4. The van der Waals surface area contributed by atoms with E-state index in [0.29, 0.717) is 5.69 Å². The molecule has 0 fully saturated rings. The van der Waals surface area contributed by atoms with Crippen molar-refractivity contribution in [3.8, 4) is 28.6 Å². The zero-order valence-electron chi connectivity index (χ0n) is 19.8. The molecule has 1 amide bonds. The van der Waals surface area contributed by atoms with Crippen molar-refractivity contribution in [2.24, 2.45) is 5.73 Å². The number of nitrogens with one attached hydrogen (secondary N) is 1. The van der Waals surface area contributed by atoms with Crippen LogP contribution in [0.2, 0.25) is 0 Å². The van der Waals surface area contributed by atoms with Crippen LogP contribution in [0.5, 0.6) is 11.5 Å². The number of primary amides is 1. The molecule has 9 nitrogen and oxygen atoms in total. The molecule has 1 aromatic carbocycles. The summed E-state index contributed by atoms with van der Waals surface area (Å²) >= 11 is 0. The molecule has 4 aromatic rings. The molecule has 5 N–H and O–H groups in total. The van der Waals surface area contributed by atoms with Gasteiger partial charge >= 0.3 is 6.18 Å². The van der Waals surface area contributed by atoms with E-state index in [0.717, 1.165) is 30.5 Å². The predicted octanol–water partition coefficient (Wildman–Crippen LogP) is 4.92. The highest BCUT2D eigenvalue weighted by molar-refractivity contribution is 6.00. The lowest BCUT2D eigenvalue weighted by atomic mass is 10.0. The van der Waals surface area contributed by atoms with Gasteiger partial charge in [-0.3, -0.25) is 4.79 Å². The molecule has 3 aromatic heterocycles. The second-order valence-corrected chi connectivity index (χ2v) is 8.27. The van der Waals surface area contributed by atoms with Crippen LogP contribution >= 0.6 is 0 Å². The van der Waals surface area contributed by atoms with Crippen LogP contribution in [-0.2, 0) is 6.18 Å². The van der Waals surface area contributed by atoms with E-state index in [1.165, 1.54) is 18.3 Å². The van der Waals surface area contributed by atoms with Crippen LogP contribution in [0.3, 0.4) is 0 Å². The van der Waals surface area contributed by atoms with Crippen LogP contribution in [0.15, 0.2) is 48.8 Å². The number of nitrogens with two attached hydrogens (primary N) is 2. The quantitative estimate of drug-likeness (QED) is 0.287. The SMILES string of the molecule is CC(C)Nc1c(Oc2ccc(-c3nn(-c4ncccc4F)c(C(F)(F)F)c3C(N)=O)cc2F)ccnc1N. The van der Waals surface area contributed by atoms with Gasteiger partial charge in [0.15, 0.2) is 40.5 Å². The summed E-state index contributed by atoms with van der Waals surface area (Å²) in [7, 11) is 0. The molecule has 0 radical (unpaired) electrons. The molecule has 0 unspecified atom stereocenters. The molecule has 0 atom stereocenters. The number of nitrogens with zero attached hydrogens (tertiary/aromatic N) is 4. The number of nitrogen functional groups attached to an aromatic ring is 1. The van der Waals surface area contributed by atoms with Crippen molar-refractivity contribution < 1.29 is 31.5 Å². The number of anilines is 2. The fourth-order valence-corrected chi connectivity index (χ4v) is 3.63. The molecule has 0 saturated heterocycles. The van der Waals surface area contributed by atoms with Crippen LogP contribution in [0.1, 0.15) is 29.9 Å². The minimum absolute atomic E-state index is 0.0647. The van der Waals surface area contributed by atoms with E-state index in [2.05, 4.69) is 20.4 Å². The van der Waals surface area contributed by atoms with Crippen molar-refractivity contribution in [1.82, 2.24) is 19.7 Å². The lowest BCUT2D eigenvalue weighted by Crippen LogP contribution is -2.21. The standard InChI is InChI=1S/C24H20F5N7O2/c1-11(2)34-19-16(7-9-32-21(19)30)38-15-6-5-12(10-14(15)26)18-17(22(31)37)20(24(27,28)29)36(35-18)23-13(25)4-3-8-33-23/h3-11,34H,1-2H3,(H2,30,32)(H2,31,37). The molecule has 4 rings (SSSR count). The molecular weight excluding hydrogens is 513 g/mol. The lowest BCUT2D eigenvalue weighted by Gasteiger charge is -2.17. The predicted molar refractivity (Wildman–Crippen MR) is 128 cm³/mol. The maximum Gasteiger partial charge on any atom is 0.434 e. The van der Waals surface area contributed by atoms with Gasteiger partial charge in [0.1, 0.15) is 11.4 Å². The van der Waals surface area contributed by atoms with Gasteiger partial charge in [-0.1, -0.05) is 0 Å². The average Bonchev–Trinajstić information content (AvgIpc) is 3.24. The number of pyridine rings is 2. The average molecular weight is 533 g/mol. The fourth-order valence-electron chi connectivity index (χ4n) is 3.63. The molecule has 0 bridgehead atoms. The number of halogens is 5. The number of hydrogen-bond acceptors (Lipinski definition) is 7. The van der Waals surface area contributed by atoms with Crippen LogP contribution in [0, 0.1) is 11.6 Å². The summed E-state index contributed by atoms with van der Waals surface area (Å²) in [6, 6.07) is 6.52. The number of carbonyl (C=O) groups is 1. The third-order valence-electron chi connectivity index (χ3n) is 5.14. The number of aromatic nitrogens is 4. The van der Waals surface area contributed by atoms with Crippen molar-refractivity contribution in [3.05, 3.63) is 71.7 Å². The molecule has 0 spiro atoms. The minimum atomic E-state index is -5.19. The molecule has 14 heteroatoms. The highest BCUT2D eigenvalue weighted by Crippen LogP contribution is 2.40. The van der Waals surface area contributed by atoms with E-state index in [-0.39, 0.29) is 33.6 Å². The van der Waals surface area contributed by atoms with E-state index in [1.54, 1.807) is 0 Å². The molecule has 0 aliphatic heterocycles. The number of hydrogen-bond donors (Lipinski definition) is 3. The fraction of sp³-hybridized carbons (Fsp3) is 0.167. The zero-order chi connectivity index (χ0) is 27.8. The number of carbonyl (C=O) groups excluding carboxylic acids is 1. The van der Waals surface area contributed by atoms with Crippen molar-refractivity contribution in [2.75, 3.05) is 11.1 Å². The zero-order valence-corrected chi connectivity index (χ0v) is 19.8. The maximum absolute atomic E-state index is 15.1. The Morgan fingerprint density at radius 2 is 1.79 bits per heavy atom. The van der Waals surface area contributed by atoms with Crippen LogP contribution in [0.25, 0.3) is 17.1 Å². The molecule has 38 heavy (non-hydrogen) atoms. The Kier molecular flexibility index (Phi) is 6.89. The first kappa shape index (κ1) is 26.3. The van der Waals surface area contributed by atoms with E-state index < -0.39 is 46.5 Å². The number of benzene rings is 1. The number of ether oxygens (including phenoxy) is 1. The second-order valence-electron chi connectivity index (χ2n) is 8.27. The van der Waals surface area contributed by atoms with Crippen LogP contribution in [-0.4, -0.2) is 31.7 Å². The van der Waals surface area contributed by atoms with Gasteiger partial charge in [0.25, 0.3) is 5.91 Å². The third kappa shape index (κ3) is 5.05. The second kappa shape index (κ2) is 9.95. The Hall–Kier alpha value is -4.75. The number of rotatable bonds is 7. The van der Waals surface area contributed by atoms with Gasteiger partial charge < -0.3 is 21.5 Å². The van der Waals surface area contributed by atoms with Gasteiger partial charge in [0, 0.05) is 30.1 Å². The van der Waals surface area contributed by atoms with Crippen LogP contribution < -0.4 is 21.5 Å². The van der Waals surface area contributed by atoms with Gasteiger partial charge in [0.05, 0.1) is 5.56 Å². The summed E-state index contributed by atoms with van der Waals surface area (Å²) < 4.78 is 77.3. The lowest BCUT2D eigenvalue weighted by molar-refractivity contribution is -0.143. The molecule has 0 aliphatic rings. The normalized spacial score (nSPS) is 11.6. The molecule has 0 aliphatic carbocycles. The van der Waals surface area contributed by atoms with Crippen molar-refractivity contribution >= 4 is 17.4 Å². The Morgan fingerprint density at radius 3 is 2.39 bits per heavy atom. The topological polar surface area (TPSA) is 134 Å². The van der Waals surface area contributed by atoms with E-state index in [4.69, 9.17) is 16.2 Å². The highest BCUT2D eigenvalue weighted by Gasteiger charge is 2.43. The first-order valence-electron chi connectivity index (χ1n) is 11.0. The first-order valence-corrected chi connectivity index (χ1v) is 11.0. The van der Waals surface area contributed by atoms with E-state index in [9.17, 15) is 22.4 Å². The van der Waals surface area contributed by atoms with Gasteiger partial charge in [-0.05, 0) is 44.2 Å². The van der Waals surface area contributed by atoms with Gasteiger partial charge in [0.2, 0.25) is 0 Å². The molecular formula is C24H20F5N7O2. The summed E-state index contributed by atoms with van der Waals surface area (Å²) in [6.07, 6.45) is -2.80. The van der Waals surface area contributed by atoms with E-state index in [1.807, 2.05) is 13.8 Å². The third-order valence-corrected chi connectivity index (χ3v) is 5.14. The largest absolute Gasteiger partial charge is 0.452 e. The van der Waals surface area contributed by atoms with Crippen LogP contribution in [0.4, 0.5) is 33.5 Å². The molecule has 198 valence electrons. The smallest absolute Gasteiger partial charge is 0.434 e. The van der Waals surface area contributed by atoms with Crippen molar-refractivity contribution in [3.63, 3.8) is 0 Å². The van der Waals surface area contributed by atoms with E-state index >= 15 is 4.39 Å². The Balaban J connectivity index is 1.83. The number of alkyl halides is 3. The number of amides is 1. The summed E-state index contributed by atoms with van der Waals surface area (Å²) in [6.45, 7) is 3.68. The summed E-state index contributed by atoms with van der Waals surface area (Å²) in [5, 5.41) is 6.80. The Labute approximate surface area is 212 Å². The first-order chi connectivity index (χ1) is 17.9. The minimum Gasteiger partial charge on any atom is -0.452 e. The van der Waals surface area contributed by atoms with Gasteiger partial charge in [-0.2, -0.15) is 18.3 Å². The summed E-state index contributed by atoms with van der Waals surface area (Å²) in [4.78, 5) is 19.7. The van der Waals surface area contributed by atoms with Gasteiger partial charge in [-0.25, -0.2) is 23.4 Å². The Bertz CT molecular complexity index is 1520. The van der Waals surface area contributed by atoms with Crippen molar-refractivity contribution in [1.29, 1.82) is 0 Å². The molecule has 0 saturated carbocycles. The monoisotopic (exact) mass is 533 g/mol. The van der Waals surface area contributed by atoms with Gasteiger partial charge in [-0.15, -0.1) is 0 Å². The molecule has 3 heterocycles. The van der Waals surface area contributed by atoms with Crippen molar-refractivity contribution in [2.45, 2.75) is 26.1 Å².